The molecule has 0 aliphatic carbocycles. The molecule has 1 heterocycles. The normalized spacial score (nSPS) is 11.3. The number of nitrogens with two attached hydrogens (primary N) is 1. The predicted molar refractivity (Wildman–Crippen MR) is 109 cm³/mol. The average Bonchev–Trinajstić information content (AvgIpc) is 2.70. The molecule has 0 unspecified atom stereocenters. The third-order valence-electron chi connectivity index (χ3n) is 3.57. The molecule has 1 aromatic carbocycles. The second kappa shape index (κ2) is 11.2. The van der Waals surface area contributed by atoms with Crippen molar-refractivity contribution in [3.63, 3.8) is 0 Å². The molecule has 2 aromatic rings. The number of ether oxygens (including phenoxy) is 1. The van der Waals surface area contributed by atoms with Crippen molar-refractivity contribution in [3.05, 3.63) is 59.4 Å². The lowest BCUT2D eigenvalue weighted by atomic mass is 10.2. The maximum atomic E-state index is 14.0. The van der Waals surface area contributed by atoms with E-state index in [1.165, 1.54) is 32.3 Å². The highest BCUT2D eigenvalue weighted by Crippen LogP contribution is 2.19. The lowest BCUT2D eigenvalue weighted by molar-refractivity contribution is 0.102. The molecular weight excluding hydrogens is 420 g/mol. The van der Waals surface area contributed by atoms with Gasteiger partial charge in [-0.15, -0.1) is 0 Å². The second-order valence-electron chi connectivity index (χ2n) is 5.84. The van der Waals surface area contributed by atoms with Crippen LogP contribution in [0.1, 0.15) is 16.1 Å². The molecule has 0 aliphatic rings. The standard InChI is InChI=1S/C16H17F2N5O3S.C2H6O/c1-20-16(19)23(2)27(25,26)9-10-7-12(4-5-13(10)18)22-15(24)14-6-3-11(17)8-21-14;1-3-2/h3-8H,9H2,1-2H3,(H2,19,20)(H,22,24);1-2H3. The second-order valence-corrected chi connectivity index (χ2v) is 7.84. The number of aromatic nitrogens is 1. The Labute approximate surface area is 173 Å². The Balaban J connectivity index is 0.00000141. The lowest BCUT2D eigenvalue weighted by Gasteiger charge is -2.18. The van der Waals surface area contributed by atoms with Gasteiger partial charge in [0.15, 0.2) is 0 Å². The third kappa shape index (κ3) is 7.04. The van der Waals surface area contributed by atoms with Crippen molar-refractivity contribution in [1.29, 1.82) is 0 Å². The number of pyridine rings is 1. The van der Waals surface area contributed by atoms with Crippen molar-refractivity contribution in [2.45, 2.75) is 5.75 Å². The van der Waals surface area contributed by atoms with Crippen LogP contribution in [0.2, 0.25) is 0 Å². The number of methoxy groups -OCH3 is 1. The van der Waals surface area contributed by atoms with E-state index in [0.29, 0.717) is 0 Å². The predicted octanol–water partition coefficient (Wildman–Crippen LogP) is 1.58. The molecule has 0 spiro atoms. The number of benzene rings is 1. The fourth-order valence-electron chi connectivity index (χ4n) is 2.05. The van der Waals surface area contributed by atoms with Gasteiger partial charge in [0.1, 0.15) is 17.3 Å². The number of carbonyl (C=O) groups is 1. The first kappa shape index (κ1) is 24.9. The number of rotatable bonds is 5. The van der Waals surface area contributed by atoms with Crippen molar-refractivity contribution in [2.75, 3.05) is 33.6 Å². The van der Waals surface area contributed by atoms with Crippen molar-refractivity contribution >= 4 is 27.6 Å². The molecule has 2 rings (SSSR count). The zero-order valence-electron chi connectivity index (χ0n) is 16.9. The summed E-state index contributed by atoms with van der Waals surface area (Å²) in [5, 5.41) is 2.45. The molecule has 30 heavy (non-hydrogen) atoms. The Morgan fingerprint density at radius 1 is 1.27 bits per heavy atom. The van der Waals surface area contributed by atoms with Gasteiger partial charge in [0.05, 0.1) is 11.9 Å². The molecule has 9 nitrogen and oxygen atoms in total. The summed E-state index contributed by atoms with van der Waals surface area (Å²) in [5.74, 6) is -2.96. The topological polar surface area (TPSA) is 127 Å². The maximum absolute atomic E-state index is 14.0. The number of sulfonamides is 1. The number of aliphatic imine (C=N–C) groups is 1. The van der Waals surface area contributed by atoms with E-state index in [4.69, 9.17) is 5.73 Å². The highest BCUT2D eigenvalue weighted by molar-refractivity contribution is 7.88. The van der Waals surface area contributed by atoms with Crippen molar-refractivity contribution in [1.82, 2.24) is 9.29 Å². The van der Waals surface area contributed by atoms with Gasteiger partial charge < -0.3 is 15.8 Å². The van der Waals surface area contributed by atoms with Gasteiger partial charge in [-0.2, -0.15) is 0 Å². The van der Waals surface area contributed by atoms with E-state index in [-0.39, 0.29) is 22.9 Å². The fraction of sp³-hybridized carbons (Fsp3) is 0.278. The smallest absolute Gasteiger partial charge is 0.274 e. The van der Waals surface area contributed by atoms with E-state index in [9.17, 15) is 22.0 Å². The molecule has 0 aliphatic heterocycles. The molecular formula is C18H23F2N5O4S. The number of hydrogen-bond donors (Lipinski definition) is 2. The van der Waals surface area contributed by atoms with Crippen molar-refractivity contribution in [2.24, 2.45) is 10.7 Å². The van der Waals surface area contributed by atoms with Gasteiger partial charge >= 0.3 is 0 Å². The van der Waals surface area contributed by atoms with Crippen LogP contribution in [0.15, 0.2) is 41.5 Å². The molecule has 0 bridgehead atoms. The summed E-state index contributed by atoms with van der Waals surface area (Å²) in [5.41, 5.74) is 5.40. The molecule has 164 valence electrons. The van der Waals surface area contributed by atoms with Crippen LogP contribution in [-0.4, -0.2) is 57.9 Å². The van der Waals surface area contributed by atoms with Crippen LogP contribution in [0.25, 0.3) is 0 Å². The van der Waals surface area contributed by atoms with Crippen LogP contribution >= 0.6 is 0 Å². The molecule has 0 radical (unpaired) electrons. The van der Waals surface area contributed by atoms with E-state index < -0.39 is 33.3 Å². The highest BCUT2D eigenvalue weighted by atomic mass is 32.2. The third-order valence-corrected chi connectivity index (χ3v) is 5.27. The first-order valence-corrected chi connectivity index (χ1v) is 9.97. The number of hydrogen-bond acceptors (Lipinski definition) is 6. The quantitative estimate of drug-likeness (QED) is 0.534. The number of amides is 1. The van der Waals surface area contributed by atoms with Crippen LogP contribution in [0, 0.1) is 11.6 Å². The molecule has 12 heteroatoms. The van der Waals surface area contributed by atoms with E-state index in [1.54, 1.807) is 14.2 Å². The van der Waals surface area contributed by atoms with Gasteiger partial charge in [-0.25, -0.2) is 26.5 Å². The summed E-state index contributed by atoms with van der Waals surface area (Å²) < 4.78 is 56.5. The zero-order valence-corrected chi connectivity index (χ0v) is 17.7. The minimum Gasteiger partial charge on any atom is -0.388 e. The van der Waals surface area contributed by atoms with Crippen molar-refractivity contribution < 1.29 is 26.7 Å². The van der Waals surface area contributed by atoms with Gasteiger partial charge in [0, 0.05) is 39.6 Å². The summed E-state index contributed by atoms with van der Waals surface area (Å²) in [6.45, 7) is 0. The first-order valence-electron chi connectivity index (χ1n) is 8.36. The lowest BCUT2D eigenvalue weighted by Crippen LogP contribution is -2.39. The number of nitrogens with zero attached hydrogens (tertiary/aromatic N) is 3. The van der Waals surface area contributed by atoms with E-state index in [1.807, 2.05) is 0 Å². The van der Waals surface area contributed by atoms with Gasteiger partial charge in [-0.05, 0) is 30.3 Å². The summed E-state index contributed by atoms with van der Waals surface area (Å²) in [6, 6.07) is 5.72. The Bertz CT molecular complexity index is 998. The summed E-state index contributed by atoms with van der Waals surface area (Å²) in [4.78, 5) is 19.3. The maximum Gasteiger partial charge on any atom is 0.274 e. The average molecular weight is 443 g/mol. The molecule has 1 amide bonds. The highest BCUT2D eigenvalue weighted by Gasteiger charge is 2.22. The SMILES string of the molecule is CN=C(N)N(C)S(=O)(=O)Cc1cc(NC(=O)c2ccc(F)cn2)ccc1F.COC. The first-order chi connectivity index (χ1) is 14.0. The number of nitrogens with one attached hydrogen (secondary N) is 1. The Morgan fingerprint density at radius 3 is 2.43 bits per heavy atom. The monoisotopic (exact) mass is 443 g/mol. The fourth-order valence-corrected chi connectivity index (χ4v) is 3.22. The molecule has 0 saturated heterocycles. The van der Waals surface area contributed by atoms with E-state index >= 15 is 0 Å². The molecule has 3 N–H and O–H groups in total. The molecule has 0 saturated carbocycles. The molecule has 0 fully saturated rings. The molecule has 0 atom stereocenters. The minimum absolute atomic E-state index is 0.0541. The summed E-state index contributed by atoms with van der Waals surface area (Å²) >= 11 is 0. The Hall–Kier alpha value is -3.12. The van der Waals surface area contributed by atoms with Gasteiger partial charge in [0.25, 0.3) is 5.91 Å². The molecule has 1 aromatic heterocycles. The number of guanidine groups is 1. The number of carbonyl (C=O) groups excluding carboxylic acids is 1. The Kier molecular flexibility index (Phi) is 9.27. The van der Waals surface area contributed by atoms with Gasteiger partial charge in [-0.3, -0.25) is 9.79 Å². The summed E-state index contributed by atoms with van der Waals surface area (Å²) in [6.07, 6.45) is 0.882. The minimum atomic E-state index is -3.98. The van der Waals surface area contributed by atoms with Gasteiger partial charge in [-0.1, -0.05) is 0 Å². The Morgan fingerprint density at radius 2 is 1.90 bits per heavy atom. The van der Waals surface area contributed by atoms with Crippen molar-refractivity contribution in [3.8, 4) is 0 Å². The van der Waals surface area contributed by atoms with E-state index in [2.05, 4.69) is 20.0 Å². The van der Waals surface area contributed by atoms with Crippen LogP contribution in [-0.2, 0) is 20.5 Å². The zero-order chi connectivity index (χ0) is 22.9. The van der Waals surface area contributed by atoms with Crippen LogP contribution in [0.3, 0.4) is 0 Å². The summed E-state index contributed by atoms with van der Waals surface area (Å²) in [7, 11) is 1.79. The number of anilines is 1. The number of halogens is 2. The largest absolute Gasteiger partial charge is 0.388 e. The van der Waals surface area contributed by atoms with Crippen LogP contribution in [0.4, 0.5) is 14.5 Å². The van der Waals surface area contributed by atoms with Crippen LogP contribution < -0.4 is 11.1 Å². The van der Waals surface area contributed by atoms with E-state index in [0.717, 1.165) is 22.6 Å². The van der Waals surface area contributed by atoms with Crippen LogP contribution in [0.5, 0.6) is 0 Å². The van der Waals surface area contributed by atoms with Gasteiger partial charge in [0.2, 0.25) is 16.0 Å².